The van der Waals surface area contributed by atoms with Gasteiger partial charge in [0.1, 0.15) is 0 Å². The molecule has 1 aromatic carbocycles. The fraction of sp³-hybridized carbons (Fsp3) is 0.562. The lowest BCUT2D eigenvalue weighted by molar-refractivity contribution is -0.121. The minimum Gasteiger partial charge on any atom is -0.350 e. The van der Waals surface area contributed by atoms with E-state index in [2.05, 4.69) is 56.5 Å². The van der Waals surface area contributed by atoms with Crippen LogP contribution in [-0.2, 0) is 11.2 Å². The van der Waals surface area contributed by atoms with E-state index >= 15 is 0 Å². The highest BCUT2D eigenvalue weighted by molar-refractivity contribution is 5.78. The lowest BCUT2D eigenvalue weighted by Gasteiger charge is -2.26. The Morgan fingerprint density at radius 2 is 1.95 bits per heavy atom. The highest BCUT2D eigenvalue weighted by atomic mass is 16.2. The molecule has 3 nitrogen and oxygen atoms in total. The first-order valence-electron chi connectivity index (χ1n) is 6.86. The minimum absolute atomic E-state index is 0.0492. The van der Waals surface area contributed by atoms with Crippen LogP contribution >= 0.6 is 0 Å². The number of carbonyl (C=O) groups is 1. The summed E-state index contributed by atoms with van der Waals surface area (Å²) >= 11 is 0. The maximum absolute atomic E-state index is 11.6. The first kappa shape index (κ1) is 15.7. The molecule has 1 amide bonds. The molecular formula is C16H26N2O. The summed E-state index contributed by atoms with van der Waals surface area (Å²) in [5.41, 5.74) is 3.81. The Balaban J connectivity index is 2.57. The molecule has 1 aromatic rings. The van der Waals surface area contributed by atoms with E-state index in [9.17, 15) is 4.79 Å². The van der Waals surface area contributed by atoms with Gasteiger partial charge in [0.05, 0.1) is 6.54 Å². The molecule has 0 saturated carbocycles. The molecule has 0 aliphatic rings. The van der Waals surface area contributed by atoms with Gasteiger partial charge in [-0.25, -0.2) is 0 Å². The first-order valence-corrected chi connectivity index (χ1v) is 6.86. The van der Waals surface area contributed by atoms with Crippen molar-refractivity contribution in [2.24, 2.45) is 0 Å². The molecule has 0 heterocycles. The van der Waals surface area contributed by atoms with Gasteiger partial charge in [-0.1, -0.05) is 23.8 Å². The van der Waals surface area contributed by atoms with Crippen molar-refractivity contribution in [2.75, 3.05) is 13.6 Å². The third-order valence-electron chi connectivity index (χ3n) is 3.33. The number of carbonyl (C=O) groups excluding carboxylic acids is 1. The number of likely N-dealkylation sites (N-methyl/N-ethyl adjacent to an activating group) is 1. The summed E-state index contributed by atoms with van der Waals surface area (Å²) in [4.78, 5) is 11.6. The minimum atomic E-state index is -0.175. The van der Waals surface area contributed by atoms with E-state index in [1.165, 1.54) is 16.7 Å². The van der Waals surface area contributed by atoms with Crippen molar-refractivity contribution in [1.82, 2.24) is 10.6 Å². The van der Waals surface area contributed by atoms with E-state index in [4.69, 9.17) is 0 Å². The van der Waals surface area contributed by atoms with E-state index in [0.29, 0.717) is 6.54 Å². The van der Waals surface area contributed by atoms with Crippen molar-refractivity contribution in [3.05, 3.63) is 34.9 Å². The largest absolute Gasteiger partial charge is 0.350 e. The summed E-state index contributed by atoms with van der Waals surface area (Å²) in [6.07, 6.45) is 1.92. The van der Waals surface area contributed by atoms with Gasteiger partial charge in [-0.2, -0.15) is 0 Å². The van der Waals surface area contributed by atoms with Crippen LogP contribution < -0.4 is 10.6 Å². The second-order valence-electron chi connectivity index (χ2n) is 5.89. The molecule has 0 atom stereocenters. The average Bonchev–Trinajstić information content (AvgIpc) is 2.27. The Morgan fingerprint density at radius 3 is 2.53 bits per heavy atom. The van der Waals surface area contributed by atoms with Crippen LogP contribution in [0.5, 0.6) is 0 Å². The maximum Gasteiger partial charge on any atom is 0.234 e. The highest BCUT2D eigenvalue weighted by Crippen LogP contribution is 2.17. The Kier molecular flexibility index (Phi) is 5.55. The predicted octanol–water partition coefficient (Wildman–Crippen LogP) is 2.35. The molecule has 0 unspecified atom stereocenters. The van der Waals surface area contributed by atoms with Crippen LogP contribution in [0, 0.1) is 13.8 Å². The van der Waals surface area contributed by atoms with Gasteiger partial charge in [0.2, 0.25) is 5.91 Å². The van der Waals surface area contributed by atoms with Crippen LogP contribution in [-0.4, -0.2) is 25.0 Å². The zero-order valence-electron chi connectivity index (χ0n) is 12.8. The highest BCUT2D eigenvalue weighted by Gasteiger charge is 2.20. The number of aryl methyl sites for hydroxylation is 3. The molecular weight excluding hydrogens is 236 g/mol. The van der Waals surface area contributed by atoms with E-state index in [-0.39, 0.29) is 11.4 Å². The van der Waals surface area contributed by atoms with Crippen molar-refractivity contribution < 1.29 is 4.79 Å². The van der Waals surface area contributed by atoms with Crippen molar-refractivity contribution in [1.29, 1.82) is 0 Å². The summed E-state index contributed by atoms with van der Waals surface area (Å²) in [6.45, 7) is 8.77. The third kappa shape index (κ3) is 5.43. The number of nitrogens with one attached hydrogen (secondary N) is 2. The van der Waals surface area contributed by atoms with E-state index in [0.717, 1.165) is 12.8 Å². The van der Waals surface area contributed by atoms with Crippen molar-refractivity contribution >= 4 is 5.91 Å². The van der Waals surface area contributed by atoms with Crippen LogP contribution in [0.3, 0.4) is 0 Å². The molecule has 0 saturated heterocycles. The molecule has 0 aliphatic heterocycles. The molecule has 2 N–H and O–H groups in total. The number of benzene rings is 1. The number of hydrogen-bond acceptors (Lipinski definition) is 2. The smallest absolute Gasteiger partial charge is 0.234 e. The standard InChI is InChI=1S/C16H26N2O/c1-12-6-7-14(13(2)10-12)8-9-16(3,4)18-15(19)11-17-5/h6-7,10,17H,8-9,11H2,1-5H3,(H,18,19). The lowest BCUT2D eigenvalue weighted by atomic mass is 9.93. The van der Waals surface area contributed by atoms with Gasteiger partial charge < -0.3 is 10.6 Å². The zero-order chi connectivity index (χ0) is 14.5. The van der Waals surface area contributed by atoms with Crippen molar-refractivity contribution in [2.45, 2.75) is 46.1 Å². The van der Waals surface area contributed by atoms with Gasteiger partial charge in [-0.15, -0.1) is 0 Å². The zero-order valence-corrected chi connectivity index (χ0v) is 12.8. The summed E-state index contributed by atoms with van der Waals surface area (Å²) in [5, 5.41) is 5.92. The summed E-state index contributed by atoms with van der Waals surface area (Å²) in [5.74, 6) is 0.0492. The van der Waals surface area contributed by atoms with Crippen LogP contribution in [0.4, 0.5) is 0 Å². The molecule has 0 fully saturated rings. The number of rotatable bonds is 6. The van der Waals surface area contributed by atoms with Crippen LogP contribution in [0.2, 0.25) is 0 Å². The lowest BCUT2D eigenvalue weighted by Crippen LogP contribution is -2.46. The fourth-order valence-electron chi connectivity index (χ4n) is 2.22. The monoisotopic (exact) mass is 262 g/mol. The molecule has 19 heavy (non-hydrogen) atoms. The second kappa shape index (κ2) is 6.71. The SMILES string of the molecule is CNCC(=O)NC(C)(C)CCc1ccc(C)cc1C. The molecule has 0 spiro atoms. The van der Waals surface area contributed by atoms with Crippen LogP contribution in [0.1, 0.15) is 37.0 Å². The fourth-order valence-corrected chi connectivity index (χ4v) is 2.22. The Hall–Kier alpha value is -1.35. The first-order chi connectivity index (χ1) is 8.84. The van der Waals surface area contributed by atoms with Gasteiger partial charge >= 0.3 is 0 Å². The van der Waals surface area contributed by atoms with Gasteiger partial charge in [0.15, 0.2) is 0 Å². The third-order valence-corrected chi connectivity index (χ3v) is 3.33. The number of hydrogen-bond donors (Lipinski definition) is 2. The van der Waals surface area contributed by atoms with E-state index in [1.807, 2.05) is 0 Å². The Bertz CT molecular complexity index is 438. The quantitative estimate of drug-likeness (QED) is 0.826. The molecule has 106 valence electrons. The number of amides is 1. The van der Waals surface area contributed by atoms with E-state index in [1.54, 1.807) is 7.05 Å². The maximum atomic E-state index is 11.6. The molecule has 1 rings (SSSR count). The predicted molar refractivity (Wildman–Crippen MR) is 80.4 cm³/mol. The topological polar surface area (TPSA) is 41.1 Å². The van der Waals surface area contributed by atoms with Crippen LogP contribution in [0.25, 0.3) is 0 Å². The molecule has 0 aromatic heterocycles. The van der Waals surface area contributed by atoms with Gasteiger partial charge in [0.25, 0.3) is 0 Å². The van der Waals surface area contributed by atoms with Gasteiger partial charge in [-0.3, -0.25) is 4.79 Å². The van der Waals surface area contributed by atoms with Crippen molar-refractivity contribution in [3.63, 3.8) is 0 Å². The van der Waals surface area contributed by atoms with Gasteiger partial charge in [-0.05, 0) is 58.7 Å². The summed E-state index contributed by atoms with van der Waals surface area (Å²) < 4.78 is 0. The second-order valence-corrected chi connectivity index (χ2v) is 5.89. The van der Waals surface area contributed by atoms with E-state index < -0.39 is 0 Å². The molecule has 0 bridgehead atoms. The summed E-state index contributed by atoms with van der Waals surface area (Å²) in [6, 6.07) is 6.55. The Morgan fingerprint density at radius 1 is 1.26 bits per heavy atom. The van der Waals surface area contributed by atoms with Crippen LogP contribution in [0.15, 0.2) is 18.2 Å². The summed E-state index contributed by atoms with van der Waals surface area (Å²) in [7, 11) is 1.78. The molecule has 0 radical (unpaired) electrons. The van der Waals surface area contributed by atoms with Gasteiger partial charge in [0, 0.05) is 5.54 Å². The van der Waals surface area contributed by atoms with Crippen molar-refractivity contribution in [3.8, 4) is 0 Å². The normalized spacial score (nSPS) is 11.4. The molecule has 0 aliphatic carbocycles. The molecule has 3 heteroatoms. The Labute approximate surface area is 116 Å². The average molecular weight is 262 g/mol.